The van der Waals surface area contributed by atoms with Crippen molar-refractivity contribution in [2.24, 2.45) is 5.73 Å². The molecule has 0 unspecified atom stereocenters. The van der Waals surface area contributed by atoms with E-state index in [4.69, 9.17) is 20.2 Å². The zero-order valence-corrected chi connectivity index (χ0v) is 12.5. The smallest absolute Gasteiger partial charge is 0.365 e. The monoisotopic (exact) mass is 335 g/mol. The SMILES string of the molecule is C.C.COc1ccc(F)cc1B(OCCN)c1ccc(CO)cc1. The molecule has 0 fully saturated rings. The first-order chi connectivity index (χ1) is 10.7. The van der Waals surface area contributed by atoms with Crippen molar-refractivity contribution >= 4 is 17.8 Å². The van der Waals surface area contributed by atoms with Gasteiger partial charge in [0.25, 0.3) is 0 Å². The number of methoxy groups -OCH3 is 1. The van der Waals surface area contributed by atoms with E-state index in [2.05, 4.69) is 0 Å². The molecule has 0 radical (unpaired) electrons. The highest BCUT2D eigenvalue weighted by molar-refractivity contribution is 6.80. The van der Waals surface area contributed by atoms with Crippen LogP contribution in [0.1, 0.15) is 20.4 Å². The lowest BCUT2D eigenvalue weighted by Crippen LogP contribution is -2.46. The maximum Gasteiger partial charge on any atom is 0.365 e. The van der Waals surface area contributed by atoms with Crippen LogP contribution in [0.4, 0.5) is 4.39 Å². The van der Waals surface area contributed by atoms with E-state index in [0.717, 1.165) is 11.0 Å². The Labute approximate surface area is 144 Å². The minimum Gasteiger partial charge on any atom is -0.497 e. The first-order valence-corrected chi connectivity index (χ1v) is 7.04. The number of aliphatic hydroxyl groups is 1. The van der Waals surface area contributed by atoms with E-state index in [9.17, 15) is 4.39 Å². The number of aliphatic hydroxyl groups excluding tert-OH is 1. The largest absolute Gasteiger partial charge is 0.497 e. The van der Waals surface area contributed by atoms with Gasteiger partial charge in [-0.2, -0.15) is 0 Å². The first-order valence-electron chi connectivity index (χ1n) is 7.04. The summed E-state index contributed by atoms with van der Waals surface area (Å²) in [4.78, 5) is 0. The average molecular weight is 335 g/mol. The van der Waals surface area contributed by atoms with Crippen molar-refractivity contribution in [2.45, 2.75) is 21.5 Å². The highest BCUT2D eigenvalue weighted by atomic mass is 19.1. The summed E-state index contributed by atoms with van der Waals surface area (Å²) in [6, 6.07) is 11.6. The molecule has 0 saturated carbocycles. The number of hydrogen-bond acceptors (Lipinski definition) is 4. The molecular formula is C18H27BFNO3. The summed E-state index contributed by atoms with van der Waals surface area (Å²) >= 11 is 0. The molecule has 2 aromatic carbocycles. The van der Waals surface area contributed by atoms with Crippen molar-refractivity contribution in [1.29, 1.82) is 0 Å². The van der Waals surface area contributed by atoms with E-state index < -0.39 is 6.92 Å². The summed E-state index contributed by atoms with van der Waals surface area (Å²) in [6.07, 6.45) is 0. The van der Waals surface area contributed by atoms with Crippen LogP contribution in [-0.4, -0.2) is 32.3 Å². The van der Waals surface area contributed by atoms with Gasteiger partial charge in [0, 0.05) is 18.6 Å². The number of hydrogen-bond donors (Lipinski definition) is 2. The maximum atomic E-state index is 13.6. The van der Waals surface area contributed by atoms with E-state index in [-0.39, 0.29) is 27.3 Å². The molecule has 6 heteroatoms. The molecule has 0 aliphatic carbocycles. The van der Waals surface area contributed by atoms with Crippen LogP contribution in [0.25, 0.3) is 0 Å². The fraction of sp³-hybridized carbons (Fsp3) is 0.333. The van der Waals surface area contributed by atoms with Gasteiger partial charge < -0.3 is 20.2 Å². The van der Waals surface area contributed by atoms with Crippen LogP contribution in [-0.2, 0) is 11.3 Å². The second-order valence-corrected chi connectivity index (χ2v) is 4.83. The Morgan fingerprint density at radius 1 is 1.12 bits per heavy atom. The molecule has 132 valence electrons. The second kappa shape index (κ2) is 10.8. The first kappa shape index (κ1) is 22.1. The minimum atomic E-state index is -0.484. The van der Waals surface area contributed by atoms with Crippen molar-refractivity contribution in [3.8, 4) is 5.75 Å². The zero-order valence-electron chi connectivity index (χ0n) is 12.5. The van der Waals surface area contributed by atoms with Gasteiger partial charge in [-0.25, -0.2) is 4.39 Å². The Morgan fingerprint density at radius 3 is 2.33 bits per heavy atom. The molecule has 0 aliphatic rings. The topological polar surface area (TPSA) is 64.7 Å². The van der Waals surface area contributed by atoms with Crippen molar-refractivity contribution < 1.29 is 18.9 Å². The summed E-state index contributed by atoms with van der Waals surface area (Å²) in [7, 11) is 1.53. The van der Waals surface area contributed by atoms with Crippen molar-refractivity contribution in [3.63, 3.8) is 0 Å². The second-order valence-electron chi connectivity index (χ2n) is 4.83. The van der Waals surface area contributed by atoms with Gasteiger partial charge in [0.1, 0.15) is 11.6 Å². The van der Waals surface area contributed by atoms with Crippen molar-refractivity contribution in [3.05, 3.63) is 53.8 Å². The summed E-state index contributed by atoms with van der Waals surface area (Å²) in [5, 5.41) is 9.13. The summed E-state index contributed by atoms with van der Waals surface area (Å²) in [5.41, 5.74) is 7.76. The predicted molar refractivity (Wildman–Crippen MR) is 98.8 cm³/mol. The van der Waals surface area contributed by atoms with Gasteiger partial charge >= 0.3 is 6.92 Å². The molecule has 0 spiro atoms. The predicted octanol–water partition coefficient (Wildman–Crippen LogP) is 1.68. The van der Waals surface area contributed by atoms with E-state index in [1.807, 2.05) is 12.1 Å². The number of nitrogens with two attached hydrogens (primary N) is 1. The third-order valence-corrected chi connectivity index (χ3v) is 3.34. The lowest BCUT2D eigenvalue weighted by Gasteiger charge is -2.18. The molecule has 2 aromatic rings. The molecule has 2 rings (SSSR count). The molecule has 0 bridgehead atoms. The third-order valence-electron chi connectivity index (χ3n) is 3.34. The zero-order chi connectivity index (χ0) is 15.9. The minimum absolute atomic E-state index is 0. The number of benzene rings is 2. The number of rotatable bonds is 7. The van der Waals surface area contributed by atoms with E-state index in [1.54, 1.807) is 18.2 Å². The summed E-state index contributed by atoms with van der Waals surface area (Å²) in [6.45, 7) is 0.189. The molecule has 3 N–H and O–H groups in total. The van der Waals surface area contributed by atoms with E-state index >= 15 is 0 Å². The van der Waals surface area contributed by atoms with Gasteiger partial charge in [0.05, 0.1) is 13.7 Å². The number of ether oxygens (including phenoxy) is 1. The van der Waals surface area contributed by atoms with E-state index in [0.29, 0.717) is 24.4 Å². The average Bonchev–Trinajstić information content (AvgIpc) is 2.56. The standard InChI is InChI=1S/C16H19BFNO3.2CH4/c1-21-16-7-6-14(18)10-15(16)17(22-9-8-19)13-4-2-12(11-20)3-5-13;;/h2-7,10,20H,8-9,11,19H2,1H3;2*1H4. The summed E-state index contributed by atoms with van der Waals surface area (Å²) < 4.78 is 24.7. The molecule has 0 aliphatic heterocycles. The van der Waals surface area contributed by atoms with Crippen LogP contribution in [0.5, 0.6) is 5.75 Å². The molecule has 0 saturated heterocycles. The Bertz CT molecular complexity index is 608. The fourth-order valence-corrected chi connectivity index (χ4v) is 2.26. The van der Waals surface area contributed by atoms with E-state index in [1.165, 1.54) is 19.2 Å². The van der Waals surface area contributed by atoms with Crippen LogP contribution < -0.4 is 21.4 Å². The quantitative estimate of drug-likeness (QED) is 0.756. The molecule has 0 aromatic heterocycles. The van der Waals surface area contributed by atoms with Crippen molar-refractivity contribution in [2.75, 3.05) is 20.3 Å². The van der Waals surface area contributed by atoms with Crippen LogP contribution in [0.15, 0.2) is 42.5 Å². The Hall–Kier alpha value is -1.89. The molecule has 4 nitrogen and oxygen atoms in total. The maximum absolute atomic E-state index is 13.6. The van der Waals surface area contributed by atoms with Crippen molar-refractivity contribution in [1.82, 2.24) is 0 Å². The molecule has 0 amide bonds. The van der Waals surface area contributed by atoms with Gasteiger partial charge in [0.2, 0.25) is 0 Å². The Morgan fingerprint density at radius 2 is 1.79 bits per heavy atom. The molecule has 0 atom stereocenters. The summed E-state index contributed by atoms with van der Waals surface area (Å²) in [5.74, 6) is 0.193. The molecule has 24 heavy (non-hydrogen) atoms. The van der Waals surface area contributed by atoms with Crippen LogP contribution >= 0.6 is 0 Å². The highest BCUT2D eigenvalue weighted by Crippen LogP contribution is 2.11. The van der Waals surface area contributed by atoms with Crippen LogP contribution in [0.2, 0.25) is 0 Å². The van der Waals surface area contributed by atoms with Gasteiger partial charge in [-0.05, 0) is 29.2 Å². The Balaban J connectivity index is 0.00000264. The van der Waals surface area contributed by atoms with Gasteiger partial charge in [-0.1, -0.05) is 39.1 Å². The number of halogens is 1. The lowest BCUT2D eigenvalue weighted by molar-refractivity contribution is 0.282. The van der Waals surface area contributed by atoms with Gasteiger partial charge in [0.15, 0.2) is 0 Å². The highest BCUT2D eigenvalue weighted by Gasteiger charge is 2.25. The van der Waals surface area contributed by atoms with Crippen LogP contribution in [0, 0.1) is 5.82 Å². The normalized spacial score (nSPS) is 9.67. The van der Waals surface area contributed by atoms with Gasteiger partial charge in [-0.3, -0.25) is 0 Å². The molecular weight excluding hydrogens is 308 g/mol. The molecule has 0 heterocycles. The van der Waals surface area contributed by atoms with Gasteiger partial charge in [-0.15, -0.1) is 0 Å². The lowest BCUT2D eigenvalue weighted by atomic mass is 9.55. The fourth-order valence-electron chi connectivity index (χ4n) is 2.26. The van der Waals surface area contributed by atoms with Crippen LogP contribution in [0.3, 0.4) is 0 Å². The third kappa shape index (κ3) is 5.34. The Kier molecular flexibility index (Phi) is 9.96.